The molecule has 23 heavy (non-hydrogen) atoms. The molecule has 0 spiro atoms. The SMILES string of the molecule is O=C(O)c1cc2cn(C3CCC(O)CC3)nc2cc1OC1CC1. The standard InChI is InChI=1S/C17H20N2O4/c20-12-3-1-11(2-4-12)19-9-10-7-14(17(21)22)16(8-15(10)18-19)23-13-5-6-13/h7-9,11-13,20H,1-6H2,(H,21,22). The summed E-state index contributed by atoms with van der Waals surface area (Å²) in [6, 6.07) is 3.66. The number of nitrogens with zero attached hydrogens (tertiary/aromatic N) is 2. The second-order valence-corrected chi connectivity index (χ2v) is 6.60. The average Bonchev–Trinajstić information content (AvgIpc) is 3.24. The van der Waals surface area contributed by atoms with E-state index in [1.807, 2.05) is 10.9 Å². The van der Waals surface area contributed by atoms with Crippen LogP contribution in [0.1, 0.15) is 54.9 Å². The molecule has 6 heteroatoms. The number of rotatable bonds is 4. The Morgan fingerprint density at radius 1 is 1.17 bits per heavy atom. The molecule has 0 atom stereocenters. The van der Waals surface area contributed by atoms with Gasteiger partial charge in [-0.05, 0) is 44.6 Å². The van der Waals surface area contributed by atoms with Crippen molar-refractivity contribution < 1.29 is 19.7 Å². The molecule has 2 fully saturated rings. The Morgan fingerprint density at radius 2 is 1.91 bits per heavy atom. The number of carbonyl (C=O) groups is 1. The van der Waals surface area contributed by atoms with Gasteiger partial charge >= 0.3 is 5.97 Å². The van der Waals surface area contributed by atoms with Crippen LogP contribution in [-0.4, -0.2) is 38.2 Å². The van der Waals surface area contributed by atoms with E-state index in [-0.39, 0.29) is 23.8 Å². The zero-order valence-electron chi connectivity index (χ0n) is 12.8. The molecule has 4 rings (SSSR count). The van der Waals surface area contributed by atoms with Crippen molar-refractivity contribution in [1.82, 2.24) is 9.78 Å². The van der Waals surface area contributed by atoms with Gasteiger partial charge in [0, 0.05) is 17.6 Å². The minimum absolute atomic E-state index is 0.146. The first-order valence-corrected chi connectivity index (χ1v) is 8.21. The van der Waals surface area contributed by atoms with E-state index in [0.717, 1.165) is 49.4 Å². The molecule has 1 heterocycles. The van der Waals surface area contributed by atoms with Crippen LogP contribution >= 0.6 is 0 Å². The molecule has 2 aliphatic carbocycles. The molecular formula is C17H20N2O4. The maximum atomic E-state index is 11.5. The summed E-state index contributed by atoms with van der Waals surface area (Å²) in [4.78, 5) is 11.5. The Morgan fingerprint density at radius 3 is 2.57 bits per heavy atom. The van der Waals surface area contributed by atoms with Crippen LogP contribution < -0.4 is 4.74 Å². The van der Waals surface area contributed by atoms with Crippen LogP contribution in [0.25, 0.3) is 10.9 Å². The molecule has 2 saturated carbocycles. The molecule has 122 valence electrons. The smallest absolute Gasteiger partial charge is 0.339 e. The van der Waals surface area contributed by atoms with Crippen molar-refractivity contribution in [3.05, 3.63) is 23.9 Å². The van der Waals surface area contributed by atoms with Gasteiger partial charge in [0.1, 0.15) is 11.3 Å². The zero-order valence-corrected chi connectivity index (χ0v) is 12.8. The van der Waals surface area contributed by atoms with Gasteiger partial charge in [-0.3, -0.25) is 4.68 Å². The number of aliphatic hydroxyl groups is 1. The van der Waals surface area contributed by atoms with Gasteiger partial charge in [-0.25, -0.2) is 4.79 Å². The largest absolute Gasteiger partial charge is 0.489 e. The number of aromatic carboxylic acids is 1. The molecule has 0 aliphatic heterocycles. The van der Waals surface area contributed by atoms with Gasteiger partial charge in [0.05, 0.1) is 23.8 Å². The minimum Gasteiger partial charge on any atom is -0.489 e. The first kappa shape index (κ1) is 14.5. The van der Waals surface area contributed by atoms with Crippen LogP contribution in [0.2, 0.25) is 0 Å². The quantitative estimate of drug-likeness (QED) is 0.906. The predicted octanol–water partition coefficient (Wildman–Crippen LogP) is 2.75. The van der Waals surface area contributed by atoms with Gasteiger partial charge in [0.2, 0.25) is 0 Å². The topological polar surface area (TPSA) is 84.6 Å². The van der Waals surface area contributed by atoms with E-state index >= 15 is 0 Å². The van der Waals surface area contributed by atoms with Crippen molar-refractivity contribution in [2.45, 2.75) is 56.8 Å². The van der Waals surface area contributed by atoms with Crippen molar-refractivity contribution in [3.63, 3.8) is 0 Å². The number of ether oxygens (including phenoxy) is 1. The highest BCUT2D eigenvalue weighted by molar-refractivity contribution is 5.96. The van der Waals surface area contributed by atoms with Gasteiger partial charge in [-0.2, -0.15) is 5.10 Å². The van der Waals surface area contributed by atoms with Crippen LogP contribution in [0.4, 0.5) is 0 Å². The van der Waals surface area contributed by atoms with E-state index in [0.29, 0.717) is 5.75 Å². The summed E-state index contributed by atoms with van der Waals surface area (Å²) in [5, 5.41) is 24.5. The van der Waals surface area contributed by atoms with Crippen LogP contribution in [0, 0.1) is 0 Å². The van der Waals surface area contributed by atoms with E-state index in [9.17, 15) is 15.0 Å². The zero-order chi connectivity index (χ0) is 16.0. The lowest BCUT2D eigenvalue weighted by Crippen LogP contribution is -2.21. The molecule has 2 N–H and O–H groups in total. The Balaban J connectivity index is 1.68. The predicted molar refractivity (Wildman–Crippen MR) is 83.9 cm³/mol. The number of fused-ring (bicyclic) bond motifs is 1. The number of hydrogen-bond acceptors (Lipinski definition) is 4. The Bertz CT molecular complexity index is 742. The molecule has 1 aromatic heterocycles. The van der Waals surface area contributed by atoms with Crippen molar-refractivity contribution >= 4 is 16.9 Å². The molecule has 0 unspecified atom stereocenters. The number of carboxylic acids is 1. The van der Waals surface area contributed by atoms with Crippen molar-refractivity contribution in [3.8, 4) is 5.75 Å². The van der Waals surface area contributed by atoms with Gasteiger partial charge in [0.25, 0.3) is 0 Å². The molecule has 0 amide bonds. The molecular weight excluding hydrogens is 296 g/mol. The van der Waals surface area contributed by atoms with Crippen LogP contribution in [-0.2, 0) is 0 Å². The normalized spacial score (nSPS) is 24.7. The fraction of sp³-hybridized carbons (Fsp3) is 0.529. The molecule has 6 nitrogen and oxygen atoms in total. The number of aromatic nitrogens is 2. The van der Waals surface area contributed by atoms with Gasteiger partial charge in [-0.1, -0.05) is 0 Å². The average molecular weight is 316 g/mol. The maximum Gasteiger partial charge on any atom is 0.339 e. The second kappa shape index (κ2) is 5.53. The maximum absolute atomic E-state index is 11.5. The second-order valence-electron chi connectivity index (χ2n) is 6.60. The summed E-state index contributed by atoms with van der Waals surface area (Å²) in [7, 11) is 0. The van der Waals surface area contributed by atoms with E-state index < -0.39 is 5.97 Å². The summed E-state index contributed by atoms with van der Waals surface area (Å²) < 4.78 is 7.65. The number of benzene rings is 1. The third kappa shape index (κ3) is 2.91. The summed E-state index contributed by atoms with van der Waals surface area (Å²) in [5.74, 6) is -0.562. The number of aliphatic hydroxyl groups excluding tert-OH is 1. The fourth-order valence-corrected chi connectivity index (χ4v) is 3.21. The third-order valence-electron chi connectivity index (χ3n) is 4.71. The summed E-state index contributed by atoms with van der Waals surface area (Å²) in [6.07, 6.45) is 7.19. The van der Waals surface area contributed by atoms with Crippen LogP contribution in [0.15, 0.2) is 18.3 Å². The highest BCUT2D eigenvalue weighted by atomic mass is 16.5. The monoisotopic (exact) mass is 316 g/mol. The molecule has 0 bridgehead atoms. The van der Waals surface area contributed by atoms with E-state index in [1.54, 1.807) is 12.1 Å². The number of hydrogen-bond donors (Lipinski definition) is 2. The van der Waals surface area contributed by atoms with E-state index in [2.05, 4.69) is 5.10 Å². The molecule has 0 radical (unpaired) electrons. The van der Waals surface area contributed by atoms with Gasteiger partial charge in [0.15, 0.2) is 0 Å². The lowest BCUT2D eigenvalue weighted by Gasteiger charge is -2.25. The lowest BCUT2D eigenvalue weighted by atomic mass is 9.93. The first-order chi connectivity index (χ1) is 11.1. The first-order valence-electron chi connectivity index (χ1n) is 8.21. The van der Waals surface area contributed by atoms with Crippen molar-refractivity contribution in [2.75, 3.05) is 0 Å². The highest BCUT2D eigenvalue weighted by Crippen LogP contribution is 2.34. The van der Waals surface area contributed by atoms with E-state index in [1.165, 1.54) is 0 Å². The minimum atomic E-state index is -0.976. The van der Waals surface area contributed by atoms with Crippen LogP contribution in [0.5, 0.6) is 5.75 Å². The van der Waals surface area contributed by atoms with E-state index in [4.69, 9.17) is 4.74 Å². The molecule has 1 aromatic carbocycles. The molecule has 2 aromatic rings. The molecule has 0 saturated heterocycles. The molecule has 2 aliphatic rings. The summed E-state index contributed by atoms with van der Waals surface area (Å²) in [6.45, 7) is 0. The summed E-state index contributed by atoms with van der Waals surface area (Å²) in [5.41, 5.74) is 0.958. The Hall–Kier alpha value is -2.08. The Labute approximate surface area is 133 Å². The van der Waals surface area contributed by atoms with Gasteiger partial charge in [-0.15, -0.1) is 0 Å². The van der Waals surface area contributed by atoms with Crippen molar-refractivity contribution in [1.29, 1.82) is 0 Å². The highest BCUT2D eigenvalue weighted by Gasteiger charge is 2.27. The number of carboxylic acid groups (broad SMARTS) is 1. The van der Waals surface area contributed by atoms with Crippen LogP contribution in [0.3, 0.4) is 0 Å². The Kier molecular flexibility index (Phi) is 3.49. The summed E-state index contributed by atoms with van der Waals surface area (Å²) >= 11 is 0. The third-order valence-corrected chi connectivity index (χ3v) is 4.71. The van der Waals surface area contributed by atoms with Crippen molar-refractivity contribution in [2.24, 2.45) is 0 Å². The lowest BCUT2D eigenvalue weighted by molar-refractivity contribution is 0.0692. The fourth-order valence-electron chi connectivity index (χ4n) is 3.21. The van der Waals surface area contributed by atoms with Gasteiger partial charge < -0.3 is 14.9 Å².